The average molecular weight is 391 g/mol. The Hall–Kier alpha value is -0.880. The minimum absolute atomic E-state index is 0.242. The van der Waals surface area contributed by atoms with Crippen LogP contribution in [-0.2, 0) is 4.79 Å². The van der Waals surface area contributed by atoms with Gasteiger partial charge < -0.3 is 10.0 Å². The van der Waals surface area contributed by atoms with Gasteiger partial charge in [-0.15, -0.1) is 0 Å². The Morgan fingerprint density at radius 1 is 1.32 bits per heavy atom. The largest absolute Gasteiger partial charge is 0.480 e. The highest BCUT2D eigenvalue weighted by Crippen LogP contribution is 2.31. The summed E-state index contributed by atoms with van der Waals surface area (Å²) in [6.45, 7) is 0.269. The third-order valence-electron chi connectivity index (χ3n) is 2.95. The van der Waals surface area contributed by atoms with Gasteiger partial charge in [-0.3, -0.25) is 9.59 Å². The fourth-order valence-electron chi connectivity index (χ4n) is 1.83. The molecule has 6 heteroatoms. The van der Waals surface area contributed by atoms with E-state index in [4.69, 9.17) is 5.11 Å². The number of nitrogens with zero attached hydrogens (tertiary/aromatic N) is 1. The topological polar surface area (TPSA) is 57.6 Å². The quantitative estimate of drug-likeness (QED) is 0.840. The summed E-state index contributed by atoms with van der Waals surface area (Å²) in [5.41, 5.74) is 0.491. The highest BCUT2D eigenvalue weighted by molar-refractivity contribution is 9.11. The molecule has 1 aliphatic rings. The lowest BCUT2D eigenvalue weighted by molar-refractivity contribution is -0.137. The van der Waals surface area contributed by atoms with Crippen LogP contribution in [-0.4, -0.2) is 35.0 Å². The van der Waals surface area contributed by atoms with Crippen molar-refractivity contribution in [1.82, 2.24) is 4.90 Å². The first-order chi connectivity index (χ1) is 8.97. The van der Waals surface area contributed by atoms with Crippen LogP contribution >= 0.6 is 31.9 Å². The smallest absolute Gasteiger partial charge is 0.323 e. The highest BCUT2D eigenvalue weighted by atomic mass is 79.9. The summed E-state index contributed by atoms with van der Waals surface area (Å²) in [5, 5.41) is 8.91. The Balaban J connectivity index is 2.19. The average Bonchev–Trinajstić information content (AvgIpc) is 3.10. The molecule has 0 atom stereocenters. The van der Waals surface area contributed by atoms with Crippen molar-refractivity contribution in [3.8, 4) is 0 Å². The van der Waals surface area contributed by atoms with Gasteiger partial charge in [0.2, 0.25) is 0 Å². The maximum atomic E-state index is 12.4. The molecule has 1 saturated carbocycles. The van der Waals surface area contributed by atoms with Gasteiger partial charge in [0.15, 0.2) is 0 Å². The van der Waals surface area contributed by atoms with Crippen LogP contribution in [0.2, 0.25) is 0 Å². The summed E-state index contributed by atoms with van der Waals surface area (Å²) < 4.78 is 1.53. The van der Waals surface area contributed by atoms with Gasteiger partial charge in [0.25, 0.3) is 5.91 Å². The van der Waals surface area contributed by atoms with Crippen LogP contribution in [0.25, 0.3) is 0 Å². The normalized spacial score (nSPS) is 14.2. The van der Waals surface area contributed by atoms with Crippen molar-refractivity contribution in [2.45, 2.75) is 12.8 Å². The van der Waals surface area contributed by atoms with Crippen LogP contribution in [0, 0.1) is 5.92 Å². The Morgan fingerprint density at radius 3 is 2.53 bits per heavy atom. The summed E-state index contributed by atoms with van der Waals surface area (Å²) in [6.07, 6.45) is 2.15. The van der Waals surface area contributed by atoms with Crippen LogP contribution in [0.1, 0.15) is 23.2 Å². The van der Waals surface area contributed by atoms with Gasteiger partial charge in [-0.05, 0) is 52.9 Å². The fraction of sp³-hybridized carbons (Fsp3) is 0.385. The fourth-order valence-corrected chi connectivity index (χ4v) is 3.04. The molecule has 1 N–H and O–H groups in total. The number of benzene rings is 1. The van der Waals surface area contributed by atoms with E-state index < -0.39 is 5.97 Å². The predicted octanol–water partition coefficient (Wildman–Crippen LogP) is 3.15. The molecule has 0 saturated heterocycles. The molecule has 0 aliphatic heterocycles. The van der Waals surface area contributed by atoms with E-state index >= 15 is 0 Å². The molecule has 0 heterocycles. The molecule has 102 valence electrons. The van der Waals surface area contributed by atoms with Gasteiger partial charge >= 0.3 is 5.97 Å². The van der Waals surface area contributed by atoms with Crippen LogP contribution in [0.5, 0.6) is 0 Å². The number of rotatable bonds is 5. The van der Waals surface area contributed by atoms with Gasteiger partial charge in [-0.1, -0.05) is 15.9 Å². The number of carboxylic acids is 1. The standard InChI is InChI=1S/C13H13Br2NO3/c14-9-3-4-10(11(15)5-9)13(19)16(7-12(17)18)6-8-1-2-8/h3-5,8H,1-2,6-7H2,(H,17,18). The zero-order valence-corrected chi connectivity index (χ0v) is 13.3. The van der Waals surface area contributed by atoms with E-state index in [2.05, 4.69) is 31.9 Å². The number of carbonyl (C=O) groups is 2. The van der Waals surface area contributed by atoms with E-state index in [9.17, 15) is 9.59 Å². The number of aliphatic carboxylic acids is 1. The zero-order valence-electron chi connectivity index (χ0n) is 10.1. The molecule has 1 amide bonds. The van der Waals surface area contributed by atoms with Crippen molar-refractivity contribution < 1.29 is 14.7 Å². The number of amides is 1. The minimum Gasteiger partial charge on any atom is -0.480 e. The summed E-state index contributed by atoms with van der Waals surface area (Å²) in [6, 6.07) is 5.25. The highest BCUT2D eigenvalue weighted by Gasteiger charge is 2.29. The van der Waals surface area contributed by atoms with Gasteiger partial charge in [-0.25, -0.2) is 0 Å². The molecule has 0 radical (unpaired) electrons. The molecule has 19 heavy (non-hydrogen) atoms. The summed E-state index contributed by atoms with van der Waals surface area (Å²) >= 11 is 6.66. The molecule has 1 aliphatic carbocycles. The molecular formula is C13H13Br2NO3. The second kappa shape index (κ2) is 6.05. The van der Waals surface area contributed by atoms with Crippen molar-refractivity contribution >= 4 is 43.7 Å². The van der Waals surface area contributed by atoms with Crippen LogP contribution in [0.15, 0.2) is 27.1 Å². The van der Waals surface area contributed by atoms with Gasteiger partial charge in [0, 0.05) is 15.5 Å². The number of halogens is 2. The number of carboxylic acid groups (broad SMARTS) is 1. The Kier molecular flexibility index (Phi) is 4.62. The molecular weight excluding hydrogens is 378 g/mol. The van der Waals surface area contributed by atoms with Gasteiger partial charge in [0.1, 0.15) is 6.54 Å². The van der Waals surface area contributed by atoms with Crippen molar-refractivity contribution in [3.63, 3.8) is 0 Å². The van der Waals surface area contributed by atoms with Crippen LogP contribution in [0.3, 0.4) is 0 Å². The van der Waals surface area contributed by atoms with E-state index in [1.165, 1.54) is 4.90 Å². The van der Waals surface area contributed by atoms with Crippen molar-refractivity contribution in [3.05, 3.63) is 32.7 Å². The predicted molar refractivity (Wildman–Crippen MR) is 78.1 cm³/mol. The minimum atomic E-state index is -0.984. The van der Waals surface area contributed by atoms with E-state index in [0.717, 1.165) is 17.3 Å². The van der Waals surface area contributed by atoms with Crippen molar-refractivity contribution in [2.24, 2.45) is 5.92 Å². The van der Waals surface area contributed by atoms with Crippen LogP contribution in [0.4, 0.5) is 0 Å². The molecule has 0 unspecified atom stereocenters. The first-order valence-corrected chi connectivity index (χ1v) is 7.52. The number of carbonyl (C=O) groups excluding carboxylic acids is 1. The SMILES string of the molecule is O=C(O)CN(CC1CC1)C(=O)c1ccc(Br)cc1Br. The molecule has 1 aromatic rings. The maximum Gasteiger partial charge on any atom is 0.323 e. The Labute approximate surface area is 128 Å². The zero-order chi connectivity index (χ0) is 14.0. The van der Waals surface area contributed by atoms with E-state index in [1.807, 2.05) is 0 Å². The van der Waals surface area contributed by atoms with E-state index in [-0.39, 0.29) is 12.5 Å². The summed E-state index contributed by atoms with van der Waals surface area (Å²) in [5.74, 6) is -0.770. The Morgan fingerprint density at radius 2 is 2.00 bits per heavy atom. The van der Waals surface area contributed by atoms with Gasteiger partial charge in [0.05, 0.1) is 5.56 Å². The monoisotopic (exact) mass is 389 g/mol. The molecule has 1 aromatic carbocycles. The first-order valence-electron chi connectivity index (χ1n) is 5.93. The summed E-state index contributed by atoms with van der Waals surface area (Å²) in [4.78, 5) is 24.7. The molecule has 4 nitrogen and oxygen atoms in total. The lowest BCUT2D eigenvalue weighted by atomic mass is 10.2. The third kappa shape index (κ3) is 4.04. The lowest BCUT2D eigenvalue weighted by Gasteiger charge is -2.21. The Bertz CT molecular complexity index is 515. The molecule has 0 aromatic heterocycles. The number of hydrogen-bond donors (Lipinski definition) is 1. The molecule has 0 bridgehead atoms. The molecule has 2 rings (SSSR count). The molecule has 0 spiro atoms. The lowest BCUT2D eigenvalue weighted by Crippen LogP contribution is -2.37. The maximum absolute atomic E-state index is 12.4. The molecule has 1 fully saturated rings. The van der Waals surface area contributed by atoms with Crippen molar-refractivity contribution in [2.75, 3.05) is 13.1 Å². The van der Waals surface area contributed by atoms with Crippen LogP contribution < -0.4 is 0 Å². The summed E-state index contributed by atoms with van der Waals surface area (Å²) in [7, 11) is 0. The second-order valence-electron chi connectivity index (χ2n) is 4.65. The van der Waals surface area contributed by atoms with Gasteiger partial charge in [-0.2, -0.15) is 0 Å². The third-order valence-corrected chi connectivity index (χ3v) is 4.10. The van der Waals surface area contributed by atoms with E-state index in [0.29, 0.717) is 22.5 Å². The number of hydrogen-bond acceptors (Lipinski definition) is 2. The second-order valence-corrected chi connectivity index (χ2v) is 6.42. The van der Waals surface area contributed by atoms with Crippen molar-refractivity contribution in [1.29, 1.82) is 0 Å². The van der Waals surface area contributed by atoms with E-state index in [1.54, 1.807) is 18.2 Å². The first kappa shape index (κ1) is 14.5.